The molecule has 0 heterocycles. The van der Waals surface area contributed by atoms with E-state index in [2.05, 4.69) is 63.6 Å². The molecule has 4 N–H and O–H groups in total. The number of benzene rings is 2. The largest absolute Gasteiger partial charge is 0.508 e. The minimum Gasteiger partial charge on any atom is -0.508 e. The molecule has 7 heteroatoms. The monoisotopic (exact) mass is 554 g/mol. The van der Waals surface area contributed by atoms with Crippen molar-refractivity contribution in [3.8, 4) is 5.75 Å². The van der Waals surface area contributed by atoms with Crippen LogP contribution in [0.2, 0.25) is 18.1 Å². The molecule has 6 nitrogen and oxygen atoms in total. The van der Waals surface area contributed by atoms with E-state index >= 15 is 0 Å². The minimum absolute atomic E-state index is 0.0530. The predicted octanol–water partition coefficient (Wildman–Crippen LogP) is 6.02. The molecule has 1 amide bonds. The number of nitrogens with one attached hydrogen (secondary N) is 2. The molecule has 3 rings (SSSR count). The van der Waals surface area contributed by atoms with Crippen molar-refractivity contribution < 1.29 is 19.4 Å². The Labute approximate surface area is 236 Å². The van der Waals surface area contributed by atoms with Crippen molar-refractivity contribution in [2.24, 2.45) is 5.92 Å². The Bertz CT molecular complexity index is 1080. The van der Waals surface area contributed by atoms with E-state index in [1.807, 2.05) is 24.3 Å². The molecule has 0 aromatic heterocycles. The maximum absolute atomic E-state index is 12.5. The molecule has 0 aliphatic heterocycles. The normalized spacial score (nSPS) is 16.3. The Morgan fingerprint density at radius 2 is 1.79 bits per heavy atom. The van der Waals surface area contributed by atoms with Gasteiger partial charge in [-0.05, 0) is 79.1 Å². The fourth-order valence-electron chi connectivity index (χ4n) is 5.01. The third-order valence-corrected chi connectivity index (χ3v) is 13.0. The first-order valence-electron chi connectivity index (χ1n) is 14.6. The maximum Gasteiger partial charge on any atom is 0.224 e. The van der Waals surface area contributed by atoms with Gasteiger partial charge in [-0.3, -0.25) is 4.79 Å². The quantitative estimate of drug-likeness (QED) is 0.227. The highest BCUT2D eigenvalue weighted by atomic mass is 28.4. The van der Waals surface area contributed by atoms with Gasteiger partial charge in [-0.15, -0.1) is 0 Å². The third-order valence-electron chi connectivity index (χ3n) is 8.50. The summed E-state index contributed by atoms with van der Waals surface area (Å²) in [7, 11) is -2.08. The zero-order valence-corrected chi connectivity index (χ0v) is 25.8. The Kier molecular flexibility index (Phi) is 11.2. The Balaban J connectivity index is 1.61. The summed E-state index contributed by atoms with van der Waals surface area (Å²) in [6.45, 7) is 14.5. The van der Waals surface area contributed by atoms with Crippen LogP contribution in [0.4, 0.5) is 0 Å². The van der Waals surface area contributed by atoms with E-state index in [4.69, 9.17) is 4.43 Å². The number of aliphatic hydroxyl groups excluding tert-OH is 1. The first kappa shape index (κ1) is 31.3. The van der Waals surface area contributed by atoms with E-state index in [9.17, 15) is 15.0 Å². The molecule has 1 fully saturated rings. The Morgan fingerprint density at radius 1 is 1.10 bits per heavy atom. The number of aliphatic hydroxyl groups is 1. The average molecular weight is 555 g/mol. The van der Waals surface area contributed by atoms with Gasteiger partial charge in [0.2, 0.25) is 5.91 Å². The summed E-state index contributed by atoms with van der Waals surface area (Å²) in [5, 5.41) is 26.6. The summed E-state index contributed by atoms with van der Waals surface area (Å²) < 4.78 is 6.82. The lowest BCUT2D eigenvalue weighted by Crippen LogP contribution is -2.44. The van der Waals surface area contributed by atoms with Crippen molar-refractivity contribution in [1.82, 2.24) is 10.6 Å². The van der Waals surface area contributed by atoms with Crippen LogP contribution in [-0.4, -0.2) is 43.6 Å². The number of rotatable bonds is 13. The van der Waals surface area contributed by atoms with Gasteiger partial charge in [0.1, 0.15) is 5.75 Å². The van der Waals surface area contributed by atoms with Gasteiger partial charge in [0.15, 0.2) is 8.32 Å². The second-order valence-corrected chi connectivity index (χ2v) is 17.6. The topological polar surface area (TPSA) is 90.8 Å². The number of hydrogen-bond acceptors (Lipinski definition) is 5. The van der Waals surface area contributed by atoms with E-state index in [0.29, 0.717) is 24.4 Å². The van der Waals surface area contributed by atoms with Gasteiger partial charge >= 0.3 is 0 Å². The summed E-state index contributed by atoms with van der Waals surface area (Å²) in [5.74, 6) is 0.848. The lowest BCUT2D eigenvalue weighted by molar-refractivity contribution is -0.120. The Morgan fingerprint density at radius 3 is 2.46 bits per heavy atom. The van der Waals surface area contributed by atoms with E-state index in [-0.39, 0.29) is 35.4 Å². The number of aromatic hydroxyl groups is 1. The van der Waals surface area contributed by atoms with Crippen LogP contribution in [0.1, 0.15) is 81.7 Å². The van der Waals surface area contributed by atoms with Crippen LogP contribution >= 0.6 is 0 Å². The molecule has 0 unspecified atom stereocenters. The van der Waals surface area contributed by atoms with E-state index < -0.39 is 8.32 Å². The molecule has 0 radical (unpaired) electrons. The molecule has 2 atom stereocenters. The van der Waals surface area contributed by atoms with Crippen molar-refractivity contribution in [3.05, 3.63) is 64.7 Å². The summed E-state index contributed by atoms with van der Waals surface area (Å²) in [6, 6.07) is 13.9. The van der Waals surface area contributed by atoms with Crippen molar-refractivity contribution >= 4 is 14.2 Å². The van der Waals surface area contributed by atoms with Gasteiger partial charge in [0.05, 0.1) is 19.1 Å². The highest BCUT2D eigenvalue weighted by Crippen LogP contribution is 2.40. The molecular formula is C32H50N2O4Si. The number of phenols is 1. The molecule has 2 aromatic rings. The van der Waals surface area contributed by atoms with E-state index in [0.717, 1.165) is 24.1 Å². The molecule has 0 saturated heterocycles. The molecule has 0 spiro atoms. The lowest BCUT2D eigenvalue weighted by atomic mass is 10.0. The molecule has 1 saturated carbocycles. The highest BCUT2D eigenvalue weighted by Gasteiger charge is 2.39. The van der Waals surface area contributed by atoms with Gasteiger partial charge in [-0.2, -0.15) is 0 Å². The third kappa shape index (κ3) is 9.45. The highest BCUT2D eigenvalue weighted by molar-refractivity contribution is 6.74. The molecule has 2 aromatic carbocycles. The zero-order valence-electron chi connectivity index (χ0n) is 24.8. The van der Waals surface area contributed by atoms with Crippen LogP contribution in [0.5, 0.6) is 5.75 Å². The maximum atomic E-state index is 12.5. The van der Waals surface area contributed by atoms with Crippen molar-refractivity contribution in [3.63, 3.8) is 0 Å². The lowest BCUT2D eigenvalue weighted by Gasteiger charge is -2.40. The first-order chi connectivity index (χ1) is 18.4. The van der Waals surface area contributed by atoms with Gasteiger partial charge < -0.3 is 25.3 Å². The summed E-state index contributed by atoms with van der Waals surface area (Å²) in [4.78, 5) is 12.5. The van der Waals surface area contributed by atoms with Crippen molar-refractivity contribution in [2.75, 3.05) is 13.1 Å². The number of hydrogen-bond donors (Lipinski definition) is 4. The fourth-order valence-corrected chi connectivity index (χ4v) is 6.30. The summed E-state index contributed by atoms with van der Waals surface area (Å²) >= 11 is 0. The Hall–Kier alpha value is -2.19. The zero-order chi connectivity index (χ0) is 28.6. The van der Waals surface area contributed by atoms with E-state index in [1.54, 1.807) is 6.07 Å². The molecule has 1 aliphatic carbocycles. The summed E-state index contributed by atoms with van der Waals surface area (Å²) in [6.07, 6.45) is 6.10. The standard InChI is InChI=1S/C32H50N2O4Si/c1-23(16-25-12-9-13-26(17-25)18-31(37)34-20-24-10-7-8-11-24)33-21-30(38-39(5,6)32(2,3)4)27-14-15-29(36)28(19-27)22-35/h9,12-15,17,19,23-24,30,33,35-36H,7-8,10-11,16,18,20-22H2,1-6H3,(H,34,37)/t23-,30+/m1/s1. The summed E-state index contributed by atoms with van der Waals surface area (Å²) in [5.41, 5.74) is 3.70. The predicted molar refractivity (Wildman–Crippen MR) is 161 cm³/mol. The fraction of sp³-hybridized carbons (Fsp3) is 0.594. The minimum atomic E-state index is -2.08. The second kappa shape index (κ2) is 13.9. The molecule has 0 bridgehead atoms. The number of carbonyl (C=O) groups excluding carboxylic acids is 1. The second-order valence-electron chi connectivity index (χ2n) is 12.9. The molecule has 1 aliphatic rings. The number of carbonyl (C=O) groups is 1. The van der Waals surface area contributed by atoms with Crippen molar-refractivity contribution in [2.45, 2.75) is 103 Å². The van der Waals surface area contributed by atoms with Crippen LogP contribution < -0.4 is 10.6 Å². The van der Waals surface area contributed by atoms with Crippen LogP contribution in [-0.2, 0) is 28.7 Å². The van der Waals surface area contributed by atoms with Crippen LogP contribution in [0.15, 0.2) is 42.5 Å². The van der Waals surface area contributed by atoms with Crippen LogP contribution in [0.25, 0.3) is 0 Å². The van der Waals surface area contributed by atoms with Gasteiger partial charge in [-0.25, -0.2) is 0 Å². The molecule has 216 valence electrons. The van der Waals surface area contributed by atoms with E-state index in [1.165, 1.54) is 31.2 Å². The van der Waals surface area contributed by atoms with Crippen LogP contribution in [0, 0.1) is 5.92 Å². The number of amides is 1. The van der Waals surface area contributed by atoms with Gasteiger partial charge in [-0.1, -0.05) is 63.9 Å². The molecule has 39 heavy (non-hydrogen) atoms. The van der Waals surface area contributed by atoms with Gasteiger partial charge in [0, 0.05) is 24.7 Å². The van der Waals surface area contributed by atoms with Gasteiger partial charge in [0.25, 0.3) is 0 Å². The smallest absolute Gasteiger partial charge is 0.224 e. The average Bonchev–Trinajstić information content (AvgIpc) is 3.39. The van der Waals surface area contributed by atoms with Crippen molar-refractivity contribution in [1.29, 1.82) is 0 Å². The molecular weight excluding hydrogens is 504 g/mol. The SMILES string of the molecule is C[C@H](Cc1cccc(CC(=O)NCC2CCCC2)c1)NC[C@H](O[Si](C)(C)C(C)(C)C)c1ccc(O)c(CO)c1. The van der Waals surface area contributed by atoms with Crippen LogP contribution in [0.3, 0.4) is 0 Å². The first-order valence-corrected chi connectivity index (χ1v) is 17.5.